The molecule has 1 aromatic carbocycles. The highest BCUT2D eigenvalue weighted by molar-refractivity contribution is 8.14. The lowest BCUT2D eigenvalue weighted by Gasteiger charge is -2.38. The molecule has 7 nitrogen and oxygen atoms in total. The maximum absolute atomic E-state index is 14.8. The van der Waals surface area contributed by atoms with E-state index in [2.05, 4.69) is 5.10 Å². The number of thioether (sulfide) groups is 1. The predicted octanol–water partition coefficient (Wildman–Crippen LogP) is 4.46. The summed E-state index contributed by atoms with van der Waals surface area (Å²) in [5.74, 6) is -0.703. The predicted molar refractivity (Wildman–Crippen MR) is 139 cm³/mol. The summed E-state index contributed by atoms with van der Waals surface area (Å²) in [6.07, 6.45) is 5.97. The van der Waals surface area contributed by atoms with Crippen LogP contribution in [0.3, 0.4) is 0 Å². The molecule has 1 saturated heterocycles. The van der Waals surface area contributed by atoms with E-state index in [1.165, 1.54) is 22.5 Å². The van der Waals surface area contributed by atoms with Crippen LogP contribution in [0.15, 0.2) is 42.1 Å². The summed E-state index contributed by atoms with van der Waals surface area (Å²) in [7, 11) is 0. The van der Waals surface area contributed by atoms with E-state index in [-0.39, 0.29) is 52.8 Å². The molecule has 2 heterocycles. The average Bonchev–Trinajstić information content (AvgIpc) is 3.58. The van der Waals surface area contributed by atoms with Gasteiger partial charge in [-0.1, -0.05) is 30.0 Å². The number of aromatic nitrogens is 2. The van der Waals surface area contributed by atoms with Crippen molar-refractivity contribution < 1.29 is 23.5 Å². The van der Waals surface area contributed by atoms with Gasteiger partial charge >= 0.3 is 5.97 Å². The first kappa shape index (κ1) is 28.1. The van der Waals surface area contributed by atoms with Crippen molar-refractivity contribution in [2.75, 3.05) is 19.7 Å². The molecule has 2 aromatic rings. The molecular formula is C26H31ClFN3O4S. The van der Waals surface area contributed by atoms with E-state index < -0.39 is 6.04 Å². The number of Topliss-reactive ketones (excluding diaryl/α,β-unsaturated/α-hetero) is 1. The number of hydrogen-bond donors (Lipinski definition) is 0. The number of hydrogen-bond acceptors (Lipinski definition) is 7. The fourth-order valence-electron chi connectivity index (χ4n) is 4.47. The number of halogens is 2. The number of likely N-dealkylation sites (tertiary alicyclic amines) is 1. The normalized spacial score (nSPS) is 20.0. The molecule has 1 aliphatic heterocycles. The Bertz CT molecular complexity index is 1130. The third-order valence-electron chi connectivity index (χ3n) is 6.19. The van der Waals surface area contributed by atoms with Gasteiger partial charge in [-0.05, 0) is 50.0 Å². The summed E-state index contributed by atoms with van der Waals surface area (Å²) >= 11 is 1.26. The molecule has 0 bridgehead atoms. The highest BCUT2D eigenvalue weighted by Gasteiger charge is 2.41. The summed E-state index contributed by atoms with van der Waals surface area (Å²) in [5, 5.41) is 4.41. The van der Waals surface area contributed by atoms with E-state index in [0.717, 1.165) is 18.4 Å². The van der Waals surface area contributed by atoms with Crippen molar-refractivity contribution in [3.05, 3.63) is 59.2 Å². The molecule has 0 amide bonds. The Balaban J connectivity index is 0.00000361. The molecule has 0 N–H and O–H groups in total. The number of ketones is 1. The first-order valence-corrected chi connectivity index (χ1v) is 12.8. The van der Waals surface area contributed by atoms with Crippen molar-refractivity contribution in [3.63, 3.8) is 0 Å². The molecule has 2 unspecified atom stereocenters. The summed E-state index contributed by atoms with van der Waals surface area (Å²) in [6, 6.07) is 7.62. The monoisotopic (exact) mass is 535 g/mol. The van der Waals surface area contributed by atoms with Gasteiger partial charge in [-0.25, -0.2) is 4.39 Å². The van der Waals surface area contributed by atoms with Gasteiger partial charge in [0.15, 0.2) is 10.9 Å². The lowest BCUT2D eigenvalue weighted by Crippen LogP contribution is -2.43. The van der Waals surface area contributed by atoms with Gasteiger partial charge in [0, 0.05) is 42.9 Å². The number of esters is 1. The van der Waals surface area contributed by atoms with Gasteiger partial charge in [-0.15, -0.1) is 12.4 Å². The van der Waals surface area contributed by atoms with Gasteiger partial charge in [0.25, 0.3) is 0 Å². The van der Waals surface area contributed by atoms with Crippen LogP contribution in [0.2, 0.25) is 0 Å². The third kappa shape index (κ3) is 7.05. The highest BCUT2D eigenvalue weighted by atomic mass is 35.5. The number of carbonyl (C=O) groups excluding carboxylic acids is 3. The Hall–Kier alpha value is -2.49. The standard InChI is InChI=1S/C26H30FN3O4S.ClH/c1-3-34-24(32)16-30-13-10-20(28-30)14-19-15-29(12-11-23(19)35-17(2)31)25(26(33)18-8-9-18)21-6-4-5-7-22(21)27;/h4-7,10,13-14,18,23,25H,3,8-9,11-12,15-16H2,1-2H3;1H/b19-14-;. The average molecular weight is 536 g/mol. The number of piperidine rings is 1. The number of ether oxygens (including phenoxy) is 1. The first-order valence-electron chi connectivity index (χ1n) is 11.9. The van der Waals surface area contributed by atoms with Crippen LogP contribution in [-0.2, 0) is 25.7 Å². The zero-order valence-corrected chi connectivity index (χ0v) is 22.0. The molecule has 194 valence electrons. The van der Waals surface area contributed by atoms with E-state index in [4.69, 9.17) is 4.74 Å². The van der Waals surface area contributed by atoms with Crippen LogP contribution >= 0.6 is 24.2 Å². The van der Waals surface area contributed by atoms with Crippen molar-refractivity contribution >= 4 is 47.1 Å². The van der Waals surface area contributed by atoms with Gasteiger partial charge in [-0.2, -0.15) is 5.10 Å². The van der Waals surface area contributed by atoms with Crippen molar-refractivity contribution in [2.24, 2.45) is 5.92 Å². The third-order valence-corrected chi connectivity index (χ3v) is 7.35. The second-order valence-electron chi connectivity index (χ2n) is 8.92. The second kappa shape index (κ2) is 12.7. The van der Waals surface area contributed by atoms with Crippen molar-refractivity contribution in [1.82, 2.24) is 14.7 Å². The molecule has 2 atom stereocenters. The van der Waals surface area contributed by atoms with Gasteiger partial charge in [-0.3, -0.25) is 24.0 Å². The molecule has 0 spiro atoms. The number of rotatable bonds is 9. The van der Waals surface area contributed by atoms with Crippen LogP contribution in [0.25, 0.3) is 6.08 Å². The molecule has 10 heteroatoms. The van der Waals surface area contributed by atoms with Crippen LogP contribution in [0.1, 0.15) is 50.4 Å². The van der Waals surface area contributed by atoms with Crippen LogP contribution < -0.4 is 0 Å². The SMILES string of the molecule is CCOC(=O)Cn1ccc(/C=C2/CN(C(C(=O)C3CC3)c3ccccc3F)CCC2SC(C)=O)n1.Cl. The van der Waals surface area contributed by atoms with Crippen LogP contribution in [0.5, 0.6) is 0 Å². The van der Waals surface area contributed by atoms with Crippen LogP contribution in [0, 0.1) is 11.7 Å². The van der Waals surface area contributed by atoms with Crippen LogP contribution in [-0.4, -0.2) is 56.5 Å². The summed E-state index contributed by atoms with van der Waals surface area (Å²) in [4.78, 5) is 39.0. The minimum absolute atomic E-state index is 0. The zero-order chi connectivity index (χ0) is 24.9. The highest BCUT2D eigenvalue weighted by Crippen LogP contribution is 2.40. The zero-order valence-electron chi connectivity index (χ0n) is 20.4. The van der Waals surface area contributed by atoms with Crippen molar-refractivity contribution in [3.8, 4) is 0 Å². The van der Waals surface area contributed by atoms with Crippen molar-refractivity contribution in [1.29, 1.82) is 0 Å². The Morgan fingerprint density at radius 2 is 1.97 bits per heavy atom. The molecule has 36 heavy (non-hydrogen) atoms. The number of carbonyl (C=O) groups is 3. The van der Waals surface area contributed by atoms with Gasteiger partial charge in [0.05, 0.1) is 18.3 Å². The van der Waals surface area contributed by atoms with Gasteiger partial charge < -0.3 is 4.74 Å². The molecule has 2 fully saturated rings. The summed E-state index contributed by atoms with van der Waals surface area (Å²) in [6.45, 7) is 4.62. The van der Waals surface area contributed by atoms with E-state index in [1.807, 2.05) is 11.0 Å². The van der Waals surface area contributed by atoms with E-state index >= 15 is 0 Å². The first-order chi connectivity index (χ1) is 16.9. The summed E-state index contributed by atoms with van der Waals surface area (Å²) in [5.41, 5.74) is 2.00. The Morgan fingerprint density at radius 1 is 1.22 bits per heavy atom. The fraction of sp³-hybridized carbons (Fsp3) is 0.462. The van der Waals surface area contributed by atoms with E-state index in [0.29, 0.717) is 37.4 Å². The van der Waals surface area contributed by atoms with Gasteiger partial charge in [0.1, 0.15) is 12.4 Å². The molecular weight excluding hydrogens is 505 g/mol. The van der Waals surface area contributed by atoms with E-state index in [9.17, 15) is 18.8 Å². The Morgan fingerprint density at radius 3 is 2.64 bits per heavy atom. The smallest absolute Gasteiger partial charge is 0.327 e. The van der Waals surface area contributed by atoms with E-state index in [1.54, 1.807) is 44.3 Å². The maximum Gasteiger partial charge on any atom is 0.327 e. The maximum atomic E-state index is 14.8. The number of nitrogens with zero attached hydrogens (tertiary/aromatic N) is 3. The lowest BCUT2D eigenvalue weighted by molar-refractivity contribution is -0.144. The Kier molecular flexibility index (Phi) is 9.87. The number of benzene rings is 1. The van der Waals surface area contributed by atoms with Crippen LogP contribution in [0.4, 0.5) is 4.39 Å². The molecule has 0 radical (unpaired) electrons. The molecule has 1 aliphatic carbocycles. The quantitative estimate of drug-likeness (QED) is 0.438. The Labute approximate surface area is 220 Å². The second-order valence-corrected chi connectivity index (χ2v) is 10.3. The minimum Gasteiger partial charge on any atom is -0.465 e. The topological polar surface area (TPSA) is 81.5 Å². The van der Waals surface area contributed by atoms with Gasteiger partial charge in [0.2, 0.25) is 0 Å². The lowest BCUT2D eigenvalue weighted by atomic mass is 9.93. The molecule has 2 aliphatic rings. The minimum atomic E-state index is -0.656. The largest absolute Gasteiger partial charge is 0.465 e. The molecule has 1 aromatic heterocycles. The van der Waals surface area contributed by atoms with Crippen molar-refractivity contribution in [2.45, 2.75) is 50.9 Å². The molecule has 4 rings (SSSR count). The summed E-state index contributed by atoms with van der Waals surface area (Å²) < 4.78 is 21.3. The molecule has 1 saturated carbocycles. The fourth-order valence-corrected chi connectivity index (χ4v) is 5.38.